The van der Waals surface area contributed by atoms with E-state index in [-0.39, 0.29) is 23.8 Å². The van der Waals surface area contributed by atoms with Crippen LogP contribution in [0.2, 0.25) is 0 Å². The lowest BCUT2D eigenvalue weighted by Gasteiger charge is -2.40. The first-order valence-corrected chi connectivity index (χ1v) is 24.3. The summed E-state index contributed by atoms with van der Waals surface area (Å²) in [6.45, 7) is 18.8. The quantitative estimate of drug-likeness (QED) is 0.169. The van der Waals surface area contributed by atoms with Crippen molar-refractivity contribution in [2.75, 3.05) is 52.4 Å². The lowest BCUT2D eigenvalue weighted by Crippen LogP contribution is -2.51. The standard InChI is InChI=1S/C26H32N6O2.C17H16N4O.C9H18N2O2.C2H3N/c1-26(2,3)34-25(33)32-12-10-31(11-13-32)24(18-6-8-22-20(14-18)16-27-29(22)4)19-7-9-23-21(15-19)17-28-30(23)5;1-20-15-5-3-11(7-13(15)9-18-20)17(22)12-4-6-16-14(8-12)10-19-21(16)2;1-9(2,3)13-8(12)11-6-4-10-5-7-11;1-2-3/h6-9,14-17,24H,10-13H2,1-5H3;3-10,17,22H,1-2H3;10H,4-7H2,1-3H3;1H3. The van der Waals surface area contributed by atoms with Crippen LogP contribution in [0.3, 0.4) is 0 Å². The number of aromatic nitrogens is 8. The summed E-state index contributed by atoms with van der Waals surface area (Å²) < 4.78 is 18.3. The number of carbonyl (C=O) groups excluding carboxylic acids is 2. The molecular formula is C54H69N13O5. The maximum atomic E-state index is 12.6. The third-order valence-electron chi connectivity index (χ3n) is 12.4. The summed E-state index contributed by atoms with van der Waals surface area (Å²) in [5.74, 6) is 0. The van der Waals surface area contributed by atoms with Crippen molar-refractivity contribution in [3.8, 4) is 6.07 Å². The smallest absolute Gasteiger partial charge is 0.410 e. The van der Waals surface area contributed by atoms with Gasteiger partial charge >= 0.3 is 12.2 Å². The number of benzene rings is 4. The largest absolute Gasteiger partial charge is 0.444 e. The molecule has 2 saturated heterocycles. The predicted octanol–water partition coefficient (Wildman–Crippen LogP) is 8.00. The van der Waals surface area contributed by atoms with Gasteiger partial charge in [-0.15, -0.1) is 0 Å². The Kier molecular flexibility index (Phi) is 16.3. The molecule has 0 radical (unpaired) electrons. The molecular weight excluding hydrogens is 911 g/mol. The highest BCUT2D eigenvalue weighted by atomic mass is 16.6. The van der Waals surface area contributed by atoms with Gasteiger partial charge in [-0.3, -0.25) is 23.6 Å². The van der Waals surface area contributed by atoms with Gasteiger partial charge in [-0.1, -0.05) is 24.3 Å². The molecule has 6 heterocycles. The number of aliphatic hydroxyl groups is 1. The summed E-state index contributed by atoms with van der Waals surface area (Å²) in [7, 11) is 7.75. The number of piperazine rings is 2. The van der Waals surface area contributed by atoms with Crippen molar-refractivity contribution in [3.05, 3.63) is 120 Å². The SMILES string of the molecule is CC#N.CC(C)(C)OC(=O)N1CCNCC1.Cn1ncc2cc(C(O)c3ccc4c(cnn4C)c3)ccc21.Cn1ncc2cc(C(c3ccc4c(cnn4C)c3)N3CCN(C(=O)OC(C)(C)C)CC3)ccc21. The molecule has 0 atom stereocenters. The second kappa shape index (κ2) is 22.4. The molecule has 18 heteroatoms. The van der Waals surface area contributed by atoms with E-state index in [0.717, 1.165) is 94.0 Å². The number of hydrogen-bond donors (Lipinski definition) is 2. The van der Waals surface area contributed by atoms with Crippen LogP contribution in [0.15, 0.2) is 97.6 Å². The predicted molar refractivity (Wildman–Crippen MR) is 280 cm³/mol. The summed E-state index contributed by atoms with van der Waals surface area (Å²) in [6.07, 6.45) is 6.37. The first-order valence-electron chi connectivity index (χ1n) is 24.3. The van der Waals surface area contributed by atoms with Gasteiger partial charge in [0.2, 0.25) is 0 Å². The Balaban J connectivity index is 0.000000171. The molecule has 2 fully saturated rings. The van der Waals surface area contributed by atoms with Crippen LogP contribution in [0.1, 0.15) is 82.9 Å². The topological polar surface area (TPSA) is 190 Å². The highest BCUT2D eigenvalue weighted by Crippen LogP contribution is 2.34. The van der Waals surface area contributed by atoms with E-state index in [2.05, 4.69) is 67.0 Å². The average Bonchev–Trinajstić information content (AvgIpc) is 4.13. The van der Waals surface area contributed by atoms with Crippen LogP contribution in [0.5, 0.6) is 0 Å². The minimum atomic E-state index is -0.658. The van der Waals surface area contributed by atoms with E-state index < -0.39 is 11.7 Å². The molecule has 0 bridgehead atoms. The summed E-state index contributed by atoms with van der Waals surface area (Å²) in [6, 6.07) is 26.8. The molecule has 2 aliphatic heterocycles. The number of amides is 2. The van der Waals surface area contributed by atoms with E-state index in [4.69, 9.17) is 14.7 Å². The third kappa shape index (κ3) is 12.8. The van der Waals surface area contributed by atoms with Crippen LogP contribution in [0, 0.1) is 11.3 Å². The van der Waals surface area contributed by atoms with Gasteiger partial charge in [0.1, 0.15) is 17.3 Å². The molecule has 2 amide bonds. The minimum Gasteiger partial charge on any atom is -0.444 e. The molecule has 2 N–H and O–H groups in total. The van der Waals surface area contributed by atoms with Crippen molar-refractivity contribution in [3.63, 3.8) is 0 Å². The van der Waals surface area contributed by atoms with E-state index in [1.54, 1.807) is 11.0 Å². The summed E-state index contributed by atoms with van der Waals surface area (Å²) >= 11 is 0. The number of aryl methyl sites for hydroxylation is 4. The summed E-state index contributed by atoms with van der Waals surface area (Å²) in [5, 5.41) is 42.8. The number of nitrogens with zero attached hydrogens (tertiary/aromatic N) is 12. The fourth-order valence-corrected chi connectivity index (χ4v) is 8.88. The Bertz CT molecular complexity index is 3010. The Morgan fingerprint density at radius 1 is 0.556 bits per heavy atom. The molecule has 0 unspecified atom stereocenters. The number of nitrogens with one attached hydrogen (secondary N) is 1. The van der Waals surface area contributed by atoms with Crippen LogP contribution < -0.4 is 5.32 Å². The average molecular weight is 980 g/mol. The molecule has 0 saturated carbocycles. The summed E-state index contributed by atoms with van der Waals surface area (Å²) in [5.41, 5.74) is 7.62. The van der Waals surface area contributed by atoms with Crippen molar-refractivity contribution in [2.45, 2.75) is 71.8 Å². The van der Waals surface area contributed by atoms with Gasteiger partial charge in [-0.25, -0.2) is 9.59 Å². The molecule has 0 aliphatic carbocycles. The number of nitriles is 1. The van der Waals surface area contributed by atoms with Gasteiger partial charge in [0, 0.05) is 109 Å². The highest BCUT2D eigenvalue weighted by molar-refractivity contribution is 5.82. The zero-order chi connectivity index (χ0) is 51.9. The first kappa shape index (κ1) is 52.5. The fourth-order valence-electron chi connectivity index (χ4n) is 8.88. The zero-order valence-corrected chi connectivity index (χ0v) is 43.5. The molecule has 10 rings (SSSR count). The number of aliphatic hydroxyl groups excluding tert-OH is 1. The number of rotatable bonds is 5. The number of ether oxygens (including phenoxy) is 2. The third-order valence-corrected chi connectivity index (χ3v) is 12.4. The van der Waals surface area contributed by atoms with Gasteiger partial charge in [0.05, 0.1) is 59.0 Å². The van der Waals surface area contributed by atoms with Gasteiger partial charge in [0.25, 0.3) is 0 Å². The van der Waals surface area contributed by atoms with Crippen LogP contribution in [0.4, 0.5) is 9.59 Å². The summed E-state index contributed by atoms with van der Waals surface area (Å²) in [4.78, 5) is 30.1. The molecule has 72 heavy (non-hydrogen) atoms. The normalized spacial score (nSPS) is 14.4. The minimum absolute atomic E-state index is 0.0648. The maximum absolute atomic E-state index is 12.6. The monoisotopic (exact) mass is 980 g/mol. The fraction of sp³-hybridized carbons (Fsp3) is 0.426. The Morgan fingerprint density at radius 2 is 0.861 bits per heavy atom. The number of fused-ring (bicyclic) bond motifs is 4. The van der Waals surface area contributed by atoms with Crippen molar-refractivity contribution in [2.24, 2.45) is 28.2 Å². The van der Waals surface area contributed by atoms with E-state index in [1.165, 1.54) is 18.1 Å². The van der Waals surface area contributed by atoms with Crippen molar-refractivity contribution >= 4 is 55.8 Å². The van der Waals surface area contributed by atoms with E-state index in [0.29, 0.717) is 13.1 Å². The first-order chi connectivity index (χ1) is 34.2. The van der Waals surface area contributed by atoms with Crippen LogP contribution in [-0.2, 0) is 37.7 Å². The van der Waals surface area contributed by atoms with Crippen molar-refractivity contribution in [1.29, 1.82) is 5.26 Å². The van der Waals surface area contributed by atoms with Gasteiger partial charge < -0.3 is 29.7 Å². The molecule has 18 nitrogen and oxygen atoms in total. The van der Waals surface area contributed by atoms with E-state index in [9.17, 15) is 14.7 Å². The molecule has 4 aromatic heterocycles. The van der Waals surface area contributed by atoms with Crippen LogP contribution >= 0.6 is 0 Å². The zero-order valence-electron chi connectivity index (χ0n) is 43.5. The maximum Gasteiger partial charge on any atom is 0.410 e. The molecule has 2 aliphatic rings. The Morgan fingerprint density at radius 3 is 1.19 bits per heavy atom. The van der Waals surface area contributed by atoms with Crippen molar-refractivity contribution < 1.29 is 24.2 Å². The van der Waals surface area contributed by atoms with E-state index in [1.807, 2.05) is 155 Å². The Labute approximate surface area is 421 Å². The van der Waals surface area contributed by atoms with Crippen LogP contribution in [-0.4, -0.2) is 135 Å². The van der Waals surface area contributed by atoms with Crippen molar-refractivity contribution in [1.82, 2.24) is 59.1 Å². The molecule has 380 valence electrons. The highest BCUT2D eigenvalue weighted by Gasteiger charge is 2.31. The second-order valence-corrected chi connectivity index (χ2v) is 20.1. The lowest BCUT2D eigenvalue weighted by molar-refractivity contribution is 0.0118. The number of hydrogen-bond acceptors (Lipinski definition) is 12. The second-order valence-electron chi connectivity index (χ2n) is 20.1. The molecule has 4 aromatic carbocycles. The van der Waals surface area contributed by atoms with Gasteiger partial charge in [-0.05, 0) is 112 Å². The van der Waals surface area contributed by atoms with Gasteiger partial charge in [0.15, 0.2) is 0 Å². The molecule has 0 spiro atoms. The van der Waals surface area contributed by atoms with Gasteiger partial charge in [-0.2, -0.15) is 25.7 Å². The lowest BCUT2D eigenvalue weighted by atomic mass is 9.94. The van der Waals surface area contributed by atoms with E-state index >= 15 is 0 Å². The Hall–Kier alpha value is -7.33. The molecule has 8 aromatic rings. The van der Waals surface area contributed by atoms with Crippen LogP contribution in [0.25, 0.3) is 43.6 Å². The number of carbonyl (C=O) groups is 2.